The van der Waals surface area contributed by atoms with Crippen molar-refractivity contribution in [1.29, 1.82) is 0 Å². The number of nitrogens with zero attached hydrogens (tertiary/aromatic N) is 1. The van der Waals surface area contributed by atoms with E-state index in [0.29, 0.717) is 6.04 Å². The quantitative estimate of drug-likeness (QED) is 0.901. The molecule has 0 atom stereocenters. The third kappa shape index (κ3) is 4.25. The fourth-order valence-corrected chi connectivity index (χ4v) is 3.62. The van der Waals surface area contributed by atoms with Gasteiger partial charge in [0.2, 0.25) is 0 Å². The third-order valence-electron chi connectivity index (χ3n) is 5.31. The van der Waals surface area contributed by atoms with Crippen molar-refractivity contribution >= 4 is 11.6 Å². The number of amides is 1. The van der Waals surface area contributed by atoms with Crippen molar-refractivity contribution in [2.75, 3.05) is 18.0 Å². The summed E-state index contributed by atoms with van der Waals surface area (Å²) in [5.41, 5.74) is 1.88. The van der Waals surface area contributed by atoms with Gasteiger partial charge in [-0.25, -0.2) is 0 Å². The highest BCUT2D eigenvalue weighted by molar-refractivity contribution is 5.94. The number of rotatable bonds is 3. The first-order valence-electron chi connectivity index (χ1n) is 8.96. The van der Waals surface area contributed by atoms with E-state index in [2.05, 4.69) is 17.1 Å². The number of hydrogen-bond acceptors (Lipinski definition) is 3. The van der Waals surface area contributed by atoms with E-state index >= 15 is 0 Å². The van der Waals surface area contributed by atoms with E-state index in [-0.39, 0.29) is 12.0 Å². The summed E-state index contributed by atoms with van der Waals surface area (Å²) in [6.45, 7) is 4.05. The smallest absolute Gasteiger partial charge is 0.251 e. The largest absolute Gasteiger partial charge is 0.393 e. The van der Waals surface area contributed by atoms with Gasteiger partial charge < -0.3 is 15.3 Å². The minimum absolute atomic E-state index is 0.0465. The Morgan fingerprint density at radius 3 is 2.26 bits per heavy atom. The van der Waals surface area contributed by atoms with Crippen LogP contribution in [0.3, 0.4) is 0 Å². The normalized spacial score (nSPS) is 26.1. The molecule has 2 fully saturated rings. The van der Waals surface area contributed by atoms with E-state index in [1.165, 1.54) is 12.8 Å². The van der Waals surface area contributed by atoms with Crippen molar-refractivity contribution < 1.29 is 9.90 Å². The van der Waals surface area contributed by atoms with E-state index in [4.69, 9.17) is 0 Å². The Hall–Kier alpha value is -1.55. The van der Waals surface area contributed by atoms with Gasteiger partial charge in [0.1, 0.15) is 0 Å². The zero-order chi connectivity index (χ0) is 16.2. The topological polar surface area (TPSA) is 52.6 Å². The Labute approximate surface area is 138 Å². The summed E-state index contributed by atoms with van der Waals surface area (Å²) in [5.74, 6) is 0.843. The number of aliphatic hydroxyl groups excluding tert-OH is 1. The molecule has 0 aromatic heterocycles. The summed E-state index contributed by atoms with van der Waals surface area (Å²) in [4.78, 5) is 14.6. The first-order valence-corrected chi connectivity index (χ1v) is 8.96. The SMILES string of the molecule is CC1CCC(NC(=O)c2ccc(N3CCC(O)CC3)cc2)CC1. The highest BCUT2D eigenvalue weighted by Gasteiger charge is 2.21. The van der Waals surface area contributed by atoms with Crippen LogP contribution >= 0.6 is 0 Å². The molecule has 23 heavy (non-hydrogen) atoms. The minimum atomic E-state index is -0.158. The predicted molar refractivity (Wildman–Crippen MR) is 92.8 cm³/mol. The predicted octanol–water partition coefficient (Wildman–Crippen LogP) is 2.96. The van der Waals surface area contributed by atoms with Crippen molar-refractivity contribution in [3.63, 3.8) is 0 Å². The van der Waals surface area contributed by atoms with Crippen LogP contribution in [-0.4, -0.2) is 36.2 Å². The molecule has 4 nitrogen and oxygen atoms in total. The molecule has 1 heterocycles. The summed E-state index contributed by atoms with van der Waals surface area (Å²) >= 11 is 0. The monoisotopic (exact) mass is 316 g/mol. The number of carbonyl (C=O) groups excluding carboxylic acids is 1. The van der Waals surface area contributed by atoms with Crippen LogP contribution < -0.4 is 10.2 Å². The second-order valence-corrected chi connectivity index (χ2v) is 7.20. The zero-order valence-electron chi connectivity index (χ0n) is 14.0. The Kier molecular flexibility index (Phi) is 5.21. The van der Waals surface area contributed by atoms with Crippen LogP contribution in [0.2, 0.25) is 0 Å². The summed E-state index contributed by atoms with van der Waals surface area (Å²) in [5, 5.41) is 12.8. The van der Waals surface area contributed by atoms with Crippen LogP contribution in [0.5, 0.6) is 0 Å². The van der Waals surface area contributed by atoms with E-state index in [1.807, 2.05) is 24.3 Å². The molecule has 1 saturated carbocycles. The highest BCUT2D eigenvalue weighted by Crippen LogP contribution is 2.24. The molecule has 126 valence electrons. The summed E-state index contributed by atoms with van der Waals surface area (Å²) in [6, 6.07) is 8.22. The molecule has 3 rings (SSSR count). The van der Waals surface area contributed by atoms with E-state index in [0.717, 1.165) is 55.9 Å². The van der Waals surface area contributed by atoms with Gasteiger partial charge in [0.15, 0.2) is 0 Å². The van der Waals surface area contributed by atoms with Gasteiger partial charge in [-0.3, -0.25) is 4.79 Å². The molecule has 0 unspecified atom stereocenters. The van der Waals surface area contributed by atoms with Crippen LogP contribution in [0.1, 0.15) is 55.8 Å². The molecule has 2 N–H and O–H groups in total. The number of anilines is 1. The Bertz CT molecular complexity index is 513. The lowest BCUT2D eigenvalue weighted by atomic mass is 9.87. The van der Waals surface area contributed by atoms with Crippen LogP contribution in [0.15, 0.2) is 24.3 Å². The average molecular weight is 316 g/mol. The van der Waals surface area contributed by atoms with Gasteiger partial charge in [-0.1, -0.05) is 6.92 Å². The van der Waals surface area contributed by atoms with Crippen LogP contribution in [0.4, 0.5) is 5.69 Å². The number of nitrogens with one attached hydrogen (secondary N) is 1. The molecule has 1 amide bonds. The average Bonchev–Trinajstić information content (AvgIpc) is 2.58. The van der Waals surface area contributed by atoms with Gasteiger partial charge in [-0.15, -0.1) is 0 Å². The van der Waals surface area contributed by atoms with Crippen molar-refractivity contribution in [1.82, 2.24) is 5.32 Å². The maximum atomic E-state index is 12.4. The number of aliphatic hydroxyl groups is 1. The first kappa shape index (κ1) is 16.3. The standard InChI is InChI=1S/C19H28N2O2/c1-14-2-6-16(7-3-14)20-19(23)15-4-8-17(9-5-15)21-12-10-18(22)11-13-21/h4-5,8-9,14,16,18,22H,2-3,6-7,10-13H2,1H3,(H,20,23). The Morgan fingerprint density at radius 2 is 1.65 bits per heavy atom. The second-order valence-electron chi connectivity index (χ2n) is 7.20. The van der Waals surface area contributed by atoms with Crippen molar-refractivity contribution in [3.05, 3.63) is 29.8 Å². The van der Waals surface area contributed by atoms with Crippen LogP contribution in [-0.2, 0) is 0 Å². The minimum Gasteiger partial charge on any atom is -0.393 e. The van der Waals surface area contributed by atoms with Gasteiger partial charge in [0.25, 0.3) is 5.91 Å². The Morgan fingerprint density at radius 1 is 1.04 bits per heavy atom. The van der Waals surface area contributed by atoms with Gasteiger partial charge in [-0.2, -0.15) is 0 Å². The van der Waals surface area contributed by atoms with Crippen molar-refractivity contribution in [3.8, 4) is 0 Å². The first-order chi connectivity index (χ1) is 11.1. The van der Waals surface area contributed by atoms with Gasteiger partial charge in [-0.05, 0) is 68.7 Å². The molecule has 1 aromatic rings. The van der Waals surface area contributed by atoms with Crippen molar-refractivity contribution in [2.45, 2.75) is 57.6 Å². The van der Waals surface area contributed by atoms with Gasteiger partial charge in [0, 0.05) is 30.4 Å². The lowest BCUT2D eigenvalue weighted by Gasteiger charge is -2.31. The molecule has 2 aliphatic rings. The maximum absolute atomic E-state index is 12.4. The summed E-state index contributed by atoms with van der Waals surface area (Å²) < 4.78 is 0. The van der Waals surface area contributed by atoms with Crippen LogP contribution in [0.25, 0.3) is 0 Å². The van der Waals surface area contributed by atoms with E-state index in [9.17, 15) is 9.90 Å². The third-order valence-corrected chi connectivity index (χ3v) is 5.31. The van der Waals surface area contributed by atoms with E-state index in [1.54, 1.807) is 0 Å². The molecule has 1 saturated heterocycles. The summed E-state index contributed by atoms with van der Waals surface area (Å²) in [7, 11) is 0. The van der Waals surface area contributed by atoms with Crippen LogP contribution in [0, 0.1) is 5.92 Å². The zero-order valence-corrected chi connectivity index (χ0v) is 14.0. The molecular formula is C19H28N2O2. The molecular weight excluding hydrogens is 288 g/mol. The molecule has 1 aromatic carbocycles. The molecule has 1 aliphatic heterocycles. The highest BCUT2D eigenvalue weighted by atomic mass is 16.3. The Balaban J connectivity index is 1.55. The lowest BCUT2D eigenvalue weighted by molar-refractivity contribution is 0.0923. The fourth-order valence-electron chi connectivity index (χ4n) is 3.62. The van der Waals surface area contributed by atoms with Crippen molar-refractivity contribution in [2.24, 2.45) is 5.92 Å². The molecule has 0 spiro atoms. The molecule has 1 aliphatic carbocycles. The van der Waals surface area contributed by atoms with Gasteiger partial charge >= 0.3 is 0 Å². The lowest BCUT2D eigenvalue weighted by Crippen LogP contribution is -2.37. The number of benzene rings is 1. The fraction of sp³-hybridized carbons (Fsp3) is 0.632. The molecule has 0 bridgehead atoms. The maximum Gasteiger partial charge on any atom is 0.251 e. The number of piperidine rings is 1. The summed E-state index contributed by atoms with van der Waals surface area (Å²) in [6.07, 6.45) is 6.11. The molecule has 4 heteroatoms. The number of carbonyl (C=O) groups is 1. The number of hydrogen-bond donors (Lipinski definition) is 2. The molecule has 0 radical (unpaired) electrons. The van der Waals surface area contributed by atoms with Gasteiger partial charge in [0.05, 0.1) is 6.10 Å². The second kappa shape index (κ2) is 7.35. The van der Waals surface area contributed by atoms with E-state index < -0.39 is 0 Å².